The van der Waals surface area contributed by atoms with Crippen molar-refractivity contribution in [3.05, 3.63) is 39.8 Å². The minimum Gasteiger partial charge on any atom is -0.495 e. The SMILES string of the molecule is COc1ccccc1N1CCN(Cc2cnc(Cl)s2)CC1. The molecule has 1 saturated heterocycles. The lowest BCUT2D eigenvalue weighted by atomic mass is 10.2. The van der Waals surface area contributed by atoms with Gasteiger partial charge in [0.15, 0.2) is 4.47 Å². The standard InChI is InChI=1S/C15H18ClN3OS/c1-20-14-5-3-2-4-13(14)19-8-6-18(7-9-19)11-12-10-17-15(16)21-12/h2-5,10H,6-9,11H2,1H3. The molecule has 1 aliphatic heterocycles. The van der Waals surface area contributed by atoms with Gasteiger partial charge in [-0.1, -0.05) is 23.7 Å². The van der Waals surface area contributed by atoms with Gasteiger partial charge in [-0.3, -0.25) is 4.90 Å². The molecule has 112 valence electrons. The zero-order chi connectivity index (χ0) is 14.7. The van der Waals surface area contributed by atoms with Crippen LogP contribution in [-0.4, -0.2) is 43.2 Å². The van der Waals surface area contributed by atoms with Crippen LogP contribution in [0.4, 0.5) is 5.69 Å². The van der Waals surface area contributed by atoms with Crippen LogP contribution in [0.25, 0.3) is 0 Å². The van der Waals surface area contributed by atoms with Gasteiger partial charge in [-0.2, -0.15) is 0 Å². The Morgan fingerprint density at radius 1 is 1.24 bits per heavy atom. The molecule has 1 aromatic carbocycles. The summed E-state index contributed by atoms with van der Waals surface area (Å²) in [5, 5.41) is 0. The highest BCUT2D eigenvalue weighted by molar-refractivity contribution is 7.15. The molecule has 0 unspecified atom stereocenters. The molecule has 0 atom stereocenters. The van der Waals surface area contributed by atoms with E-state index in [4.69, 9.17) is 16.3 Å². The highest BCUT2D eigenvalue weighted by atomic mass is 35.5. The summed E-state index contributed by atoms with van der Waals surface area (Å²) >= 11 is 7.45. The third kappa shape index (κ3) is 3.48. The number of piperazine rings is 1. The average Bonchev–Trinajstić information content (AvgIpc) is 2.93. The van der Waals surface area contributed by atoms with Gasteiger partial charge in [0.1, 0.15) is 5.75 Å². The van der Waals surface area contributed by atoms with Crippen LogP contribution in [0.2, 0.25) is 4.47 Å². The zero-order valence-corrected chi connectivity index (χ0v) is 13.5. The molecule has 0 aliphatic carbocycles. The third-order valence-corrected chi connectivity index (χ3v) is 4.80. The summed E-state index contributed by atoms with van der Waals surface area (Å²) < 4.78 is 6.07. The monoisotopic (exact) mass is 323 g/mol. The second kappa shape index (κ2) is 6.64. The van der Waals surface area contributed by atoms with E-state index in [9.17, 15) is 0 Å². The van der Waals surface area contributed by atoms with Crippen molar-refractivity contribution in [2.45, 2.75) is 6.54 Å². The Balaban J connectivity index is 1.60. The van der Waals surface area contributed by atoms with E-state index in [1.165, 1.54) is 10.6 Å². The molecule has 2 aromatic rings. The van der Waals surface area contributed by atoms with Crippen LogP contribution in [0.3, 0.4) is 0 Å². The van der Waals surface area contributed by atoms with Gasteiger partial charge in [-0.05, 0) is 12.1 Å². The molecule has 0 bridgehead atoms. The van der Waals surface area contributed by atoms with Crippen molar-refractivity contribution in [1.29, 1.82) is 0 Å². The molecule has 0 N–H and O–H groups in total. The van der Waals surface area contributed by atoms with Gasteiger partial charge in [0.2, 0.25) is 0 Å². The van der Waals surface area contributed by atoms with Crippen LogP contribution in [0.15, 0.2) is 30.5 Å². The molecule has 3 rings (SSSR count). The van der Waals surface area contributed by atoms with E-state index in [-0.39, 0.29) is 0 Å². The number of methoxy groups -OCH3 is 1. The van der Waals surface area contributed by atoms with Crippen LogP contribution in [-0.2, 0) is 6.54 Å². The molecule has 2 heterocycles. The summed E-state index contributed by atoms with van der Waals surface area (Å²) in [5.41, 5.74) is 1.18. The molecule has 4 nitrogen and oxygen atoms in total. The Kier molecular flexibility index (Phi) is 4.63. The van der Waals surface area contributed by atoms with Crippen molar-refractivity contribution in [1.82, 2.24) is 9.88 Å². The minimum absolute atomic E-state index is 0.623. The van der Waals surface area contributed by atoms with Crippen molar-refractivity contribution in [3.8, 4) is 5.75 Å². The number of ether oxygens (including phenoxy) is 1. The van der Waals surface area contributed by atoms with Gasteiger partial charge in [0.25, 0.3) is 0 Å². The summed E-state index contributed by atoms with van der Waals surface area (Å²) in [6, 6.07) is 8.20. The number of hydrogen-bond acceptors (Lipinski definition) is 5. The summed E-state index contributed by atoms with van der Waals surface area (Å²) in [4.78, 5) is 10.1. The first-order valence-corrected chi connectivity index (χ1v) is 8.16. The van der Waals surface area contributed by atoms with E-state index in [0.29, 0.717) is 4.47 Å². The predicted molar refractivity (Wildman–Crippen MR) is 87.6 cm³/mol. The maximum absolute atomic E-state index is 5.88. The largest absolute Gasteiger partial charge is 0.495 e. The molecule has 1 fully saturated rings. The number of anilines is 1. The van der Waals surface area contributed by atoms with E-state index < -0.39 is 0 Å². The molecular weight excluding hydrogens is 306 g/mol. The Labute approximate surface area is 133 Å². The van der Waals surface area contributed by atoms with Crippen molar-refractivity contribution in [2.24, 2.45) is 0 Å². The van der Waals surface area contributed by atoms with Crippen LogP contribution >= 0.6 is 22.9 Å². The van der Waals surface area contributed by atoms with Crippen molar-refractivity contribution >= 4 is 28.6 Å². The predicted octanol–water partition coefficient (Wildman–Crippen LogP) is 3.13. The minimum atomic E-state index is 0.623. The number of para-hydroxylation sites is 2. The second-order valence-electron chi connectivity index (χ2n) is 5.01. The van der Waals surface area contributed by atoms with Gasteiger partial charge in [-0.25, -0.2) is 4.98 Å². The van der Waals surface area contributed by atoms with Gasteiger partial charge < -0.3 is 9.64 Å². The molecule has 1 aromatic heterocycles. The summed E-state index contributed by atoms with van der Waals surface area (Å²) in [6.45, 7) is 5.02. The first-order valence-electron chi connectivity index (χ1n) is 6.97. The lowest BCUT2D eigenvalue weighted by molar-refractivity contribution is 0.251. The lowest BCUT2D eigenvalue weighted by Gasteiger charge is -2.36. The summed E-state index contributed by atoms with van der Waals surface area (Å²) in [5.74, 6) is 0.945. The average molecular weight is 324 g/mol. The lowest BCUT2D eigenvalue weighted by Crippen LogP contribution is -2.45. The molecule has 0 spiro atoms. The fourth-order valence-corrected chi connectivity index (χ4v) is 3.64. The highest BCUT2D eigenvalue weighted by Gasteiger charge is 2.20. The number of benzene rings is 1. The van der Waals surface area contributed by atoms with E-state index in [1.54, 1.807) is 18.4 Å². The van der Waals surface area contributed by atoms with Gasteiger partial charge >= 0.3 is 0 Å². The molecule has 6 heteroatoms. The molecule has 21 heavy (non-hydrogen) atoms. The Morgan fingerprint density at radius 2 is 2.00 bits per heavy atom. The molecule has 0 radical (unpaired) electrons. The second-order valence-corrected chi connectivity index (χ2v) is 6.71. The zero-order valence-electron chi connectivity index (χ0n) is 12.0. The highest BCUT2D eigenvalue weighted by Crippen LogP contribution is 2.28. The molecule has 0 saturated carbocycles. The Morgan fingerprint density at radius 3 is 2.67 bits per heavy atom. The maximum Gasteiger partial charge on any atom is 0.183 e. The number of halogens is 1. The topological polar surface area (TPSA) is 28.6 Å². The number of thiazole rings is 1. The molecule has 0 amide bonds. The Hall–Kier alpha value is -1.30. The number of hydrogen-bond donors (Lipinski definition) is 0. The smallest absolute Gasteiger partial charge is 0.183 e. The fraction of sp³-hybridized carbons (Fsp3) is 0.400. The normalized spacial score (nSPS) is 16.2. The van der Waals surface area contributed by atoms with E-state index in [0.717, 1.165) is 38.5 Å². The first-order chi connectivity index (χ1) is 10.3. The van der Waals surface area contributed by atoms with Crippen molar-refractivity contribution in [2.75, 3.05) is 38.2 Å². The van der Waals surface area contributed by atoms with Crippen molar-refractivity contribution < 1.29 is 4.74 Å². The molecule has 1 aliphatic rings. The maximum atomic E-state index is 5.88. The van der Waals surface area contributed by atoms with Crippen molar-refractivity contribution in [3.63, 3.8) is 0 Å². The fourth-order valence-electron chi connectivity index (χ4n) is 2.62. The summed E-state index contributed by atoms with van der Waals surface area (Å²) in [6.07, 6.45) is 1.87. The van der Waals surface area contributed by atoms with Gasteiger partial charge in [0.05, 0.1) is 12.8 Å². The molecular formula is C15H18ClN3OS. The van der Waals surface area contributed by atoms with E-state index >= 15 is 0 Å². The van der Waals surface area contributed by atoms with Crippen LogP contribution in [0.1, 0.15) is 4.88 Å². The van der Waals surface area contributed by atoms with Gasteiger partial charge in [-0.15, -0.1) is 11.3 Å². The van der Waals surface area contributed by atoms with E-state index in [2.05, 4.69) is 26.9 Å². The van der Waals surface area contributed by atoms with Crippen LogP contribution in [0, 0.1) is 0 Å². The summed E-state index contributed by atoms with van der Waals surface area (Å²) in [7, 11) is 1.72. The van der Waals surface area contributed by atoms with Gasteiger partial charge in [0, 0.05) is 43.8 Å². The van der Waals surface area contributed by atoms with Crippen LogP contribution in [0.5, 0.6) is 5.75 Å². The Bertz CT molecular complexity index is 596. The van der Waals surface area contributed by atoms with Crippen LogP contribution < -0.4 is 9.64 Å². The third-order valence-electron chi connectivity index (χ3n) is 3.70. The number of rotatable bonds is 4. The number of nitrogens with zero attached hydrogens (tertiary/aromatic N) is 3. The van der Waals surface area contributed by atoms with E-state index in [1.807, 2.05) is 18.3 Å². The first kappa shape index (κ1) is 14.6. The number of aromatic nitrogens is 1. The quantitative estimate of drug-likeness (QED) is 0.864.